The van der Waals surface area contributed by atoms with Gasteiger partial charge in [-0.1, -0.05) is 26.0 Å². The highest BCUT2D eigenvalue weighted by Crippen LogP contribution is 2.22. The molecule has 1 amide bonds. The van der Waals surface area contributed by atoms with Crippen molar-refractivity contribution in [1.82, 2.24) is 19.9 Å². The van der Waals surface area contributed by atoms with E-state index in [1.54, 1.807) is 0 Å². The van der Waals surface area contributed by atoms with Gasteiger partial charge in [0.25, 0.3) is 0 Å². The van der Waals surface area contributed by atoms with Crippen LogP contribution in [-0.4, -0.2) is 26.5 Å². The van der Waals surface area contributed by atoms with Crippen molar-refractivity contribution in [1.29, 1.82) is 0 Å². The van der Waals surface area contributed by atoms with Gasteiger partial charge in [0.2, 0.25) is 5.91 Å². The molecule has 0 saturated heterocycles. The molecule has 2 heterocycles. The molecular formula is C20H26N4O. The molecule has 0 fully saturated rings. The van der Waals surface area contributed by atoms with Crippen molar-refractivity contribution in [3.05, 3.63) is 41.2 Å². The van der Waals surface area contributed by atoms with Crippen molar-refractivity contribution >= 4 is 22.5 Å². The molecule has 2 aromatic heterocycles. The van der Waals surface area contributed by atoms with E-state index in [-0.39, 0.29) is 11.9 Å². The van der Waals surface area contributed by atoms with Gasteiger partial charge in [-0.3, -0.25) is 4.79 Å². The number of nitrogens with one attached hydrogen (secondary N) is 1. The lowest BCUT2D eigenvalue weighted by molar-refractivity contribution is -0.121. The van der Waals surface area contributed by atoms with Crippen molar-refractivity contribution in [2.24, 2.45) is 5.92 Å². The van der Waals surface area contributed by atoms with E-state index in [0.717, 1.165) is 33.5 Å². The van der Waals surface area contributed by atoms with Gasteiger partial charge in [0.05, 0.1) is 5.52 Å². The molecule has 0 spiro atoms. The first kappa shape index (κ1) is 17.4. The minimum Gasteiger partial charge on any atom is -0.353 e. The maximum atomic E-state index is 12.2. The summed E-state index contributed by atoms with van der Waals surface area (Å²) in [7, 11) is 0. The van der Waals surface area contributed by atoms with E-state index in [4.69, 9.17) is 4.98 Å². The van der Waals surface area contributed by atoms with Gasteiger partial charge in [-0.05, 0) is 50.8 Å². The van der Waals surface area contributed by atoms with E-state index in [1.807, 2.05) is 42.6 Å². The van der Waals surface area contributed by atoms with Crippen LogP contribution in [0.15, 0.2) is 24.3 Å². The molecule has 0 aliphatic heterocycles. The van der Waals surface area contributed by atoms with Crippen LogP contribution in [-0.2, 0) is 11.2 Å². The van der Waals surface area contributed by atoms with Crippen LogP contribution < -0.4 is 5.32 Å². The first-order valence-corrected chi connectivity index (χ1v) is 8.91. The number of carbonyl (C=O) groups is 1. The average Bonchev–Trinajstić information content (AvgIpc) is 2.93. The standard InChI is InChI=1S/C20H26N4O/c1-12(2)13(3)21-19(25)11-10-16-14(4)22-20-17-8-6-7-9-18(17)23-24(20)15(16)5/h6-9,12-13H,10-11H2,1-5H3,(H,21,25)/t13-/m0/s1. The molecule has 1 N–H and O–H groups in total. The van der Waals surface area contributed by atoms with Gasteiger partial charge in [0, 0.05) is 29.2 Å². The molecule has 0 aliphatic rings. The smallest absolute Gasteiger partial charge is 0.220 e. The fourth-order valence-electron chi connectivity index (χ4n) is 3.07. The lowest BCUT2D eigenvalue weighted by Gasteiger charge is -2.18. The van der Waals surface area contributed by atoms with Gasteiger partial charge < -0.3 is 5.32 Å². The van der Waals surface area contributed by atoms with Gasteiger partial charge in [-0.25, -0.2) is 9.50 Å². The zero-order chi connectivity index (χ0) is 18.1. The monoisotopic (exact) mass is 338 g/mol. The molecule has 0 saturated carbocycles. The SMILES string of the molecule is Cc1nc2c3ccccc3nn2c(C)c1CCC(=O)N[C@@H](C)C(C)C. The van der Waals surface area contributed by atoms with Gasteiger partial charge >= 0.3 is 0 Å². The maximum Gasteiger partial charge on any atom is 0.220 e. The first-order valence-electron chi connectivity index (χ1n) is 8.91. The predicted molar refractivity (Wildman–Crippen MR) is 101 cm³/mol. The summed E-state index contributed by atoms with van der Waals surface area (Å²) in [5.41, 5.74) is 4.96. The summed E-state index contributed by atoms with van der Waals surface area (Å²) in [6.45, 7) is 10.3. The zero-order valence-electron chi connectivity index (χ0n) is 15.6. The zero-order valence-corrected chi connectivity index (χ0v) is 15.6. The van der Waals surface area contributed by atoms with Gasteiger partial charge in [-0.2, -0.15) is 5.10 Å². The molecule has 5 nitrogen and oxygen atoms in total. The summed E-state index contributed by atoms with van der Waals surface area (Å²) in [4.78, 5) is 17.0. The van der Waals surface area contributed by atoms with Crippen LogP contribution in [0.4, 0.5) is 0 Å². The van der Waals surface area contributed by atoms with E-state index in [1.165, 1.54) is 0 Å². The summed E-state index contributed by atoms with van der Waals surface area (Å²) in [5.74, 6) is 0.521. The van der Waals surface area contributed by atoms with Crippen LogP contribution >= 0.6 is 0 Å². The number of aryl methyl sites for hydroxylation is 2. The molecule has 132 valence electrons. The predicted octanol–water partition coefficient (Wildman–Crippen LogP) is 3.59. The number of nitrogens with zero attached hydrogens (tertiary/aromatic N) is 3. The maximum absolute atomic E-state index is 12.2. The minimum absolute atomic E-state index is 0.0886. The Bertz CT molecular complexity index is 926. The van der Waals surface area contributed by atoms with Crippen molar-refractivity contribution in [3.63, 3.8) is 0 Å². The molecule has 25 heavy (non-hydrogen) atoms. The fraction of sp³-hybridized carbons (Fsp3) is 0.450. The second kappa shape index (κ2) is 6.82. The first-order chi connectivity index (χ1) is 11.9. The van der Waals surface area contributed by atoms with E-state index in [0.29, 0.717) is 18.8 Å². The van der Waals surface area contributed by atoms with Crippen molar-refractivity contribution in [3.8, 4) is 0 Å². The second-order valence-corrected chi connectivity index (χ2v) is 7.11. The number of fused-ring (bicyclic) bond motifs is 3. The minimum atomic E-state index is 0.0886. The number of amides is 1. The van der Waals surface area contributed by atoms with Crippen molar-refractivity contribution in [2.75, 3.05) is 0 Å². The molecule has 0 aliphatic carbocycles. The van der Waals surface area contributed by atoms with Gasteiger partial charge in [0.15, 0.2) is 5.65 Å². The number of carbonyl (C=O) groups excluding carboxylic acids is 1. The highest BCUT2D eigenvalue weighted by atomic mass is 16.1. The third kappa shape index (κ3) is 3.36. The Morgan fingerprint density at radius 3 is 2.64 bits per heavy atom. The van der Waals surface area contributed by atoms with Crippen LogP contribution in [0.5, 0.6) is 0 Å². The lowest BCUT2D eigenvalue weighted by Crippen LogP contribution is -2.36. The summed E-state index contributed by atoms with van der Waals surface area (Å²) in [6, 6.07) is 8.22. The fourth-order valence-corrected chi connectivity index (χ4v) is 3.07. The summed E-state index contributed by atoms with van der Waals surface area (Å²) >= 11 is 0. The molecular weight excluding hydrogens is 312 g/mol. The number of benzene rings is 1. The Kier molecular flexibility index (Phi) is 4.75. The number of hydrogen-bond acceptors (Lipinski definition) is 3. The molecule has 1 atom stereocenters. The van der Waals surface area contributed by atoms with E-state index in [9.17, 15) is 4.79 Å². The Balaban J connectivity index is 1.87. The number of hydrogen-bond donors (Lipinski definition) is 1. The summed E-state index contributed by atoms with van der Waals surface area (Å²) in [6.07, 6.45) is 1.14. The molecule has 3 rings (SSSR count). The van der Waals surface area contributed by atoms with Crippen molar-refractivity contribution < 1.29 is 4.79 Å². The summed E-state index contributed by atoms with van der Waals surface area (Å²) in [5, 5.41) is 8.79. The molecule has 0 unspecified atom stereocenters. The van der Waals surface area contributed by atoms with Crippen LogP contribution in [0.1, 0.15) is 44.1 Å². The molecule has 0 radical (unpaired) electrons. The Morgan fingerprint density at radius 1 is 1.20 bits per heavy atom. The lowest BCUT2D eigenvalue weighted by atomic mass is 10.0. The van der Waals surface area contributed by atoms with Crippen molar-refractivity contribution in [2.45, 2.75) is 53.5 Å². The molecule has 1 aromatic carbocycles. The molecule has 3 aromatic rings. The van der Waals surface area contributed by atoms with Gasteiger partial charge in [-0.15, -0.1) is 0 Å². The largest absolute Gasteiger partial charge is 0.353 e. The van der Waals surface area contributed by atoms with Crippen LogP contribution in [0, 0.1) is 19.8 Å². The Labute approximate surface area is 148 Å². The van der Waals surface area contributed by atoms with Crippen LogP contribution in [0.2, 0.25) is 0 Å². The Morgan fingerprint density at radius 2 is 1.92 bits per heavy atom. The van der Waals surface area contributed by atoms with E-state index in [2.05, 4.69) is 31.2 Å². The third-order valence-electron chi connectivity index (χ3n) is 5.01. The molecule has 0 bridgehead atoms. The van der Waals surface area contributed by atoms with E-state index < -0.39 is 0 Å². The topological polar surface area (TPSA) is 59.3 Å². The normalized spacial score (nSPS) is 12.9. The molecule has 5 heteroatoms. The van der Waals surface area contributed by atoms with Crippen LogP contribution in [0.3, 0.4) is 0 Å². The average molecular weight is 338 g/mol. The van der Waals surface area contributed by atoms with Gasteiger partial charge in [0.1, 0.15) is 0 Å². The van der Waals surface area contributed by atoms with E-state index >= 15 is 0 Å². The highest BCUT2D eigenvalue weighted by Gasteiger charge is 2.16. The quantitative estimate of drug-likeness (QED) is 0.773. The highest BCUT2D eigenvalue weighted by molar-refractivity contribution is 5.92. The summed E-state index contributed by atoms with van der Waals surface area (Å²) < 4.78 is 1.90. The Hall–Kier alpha value is -2.43. The number of aromatic nitrogens is 3. The third-order valence-corrected chi connectivity index (χ3v) is 5.01. The second-order valence-electron chi connectivity index (χ2n) is 7.11. The number of rotatable bonds is 5. The van der Waals surface area contributed by atoms with Crippen LogP contribution in [0.25, 0.3) is 16.6 Å².